The van der Waals surface area contributed by atoms with E-state index in [1.807, 2.05) is 46.9 Å². The van der Waals surface area contributed by atoms with Crippen molar-refractivity contribution in [3.63, 3.8) is 0 Å². The summed E-state index contributed by atoms with van der Waals surface area (Å²) in [5, 5.41) is 8.09. The van der Waals surface area contributed by atoms with Crippen LogP contribution in [0.3, 0.4) is 0 Å². The number of rotatable bonds is 26. The molecule has 3 aromatic carbocycles. The molecule has 1 N–H and O–H groups in total. The van der Waals surface area contributed by atoms with Crippen molar-refractivity contribution in [2.24, 2.45) is 7.05 Å². The molecule has 0 aliphatic heterocycles. The van der Waals surface area contributed by atoms with Gasteiger partial charge in [-0.25, -0.2) is 0 Å². The number of hydrogen-bond donors (Lipinski definition) is 1. The van der Waals surface area contributed by atoms with Gasteiger partial charge in [-0.05, 0) is 78.9 Å². The number of benzene rings is 3. The maximum atomic E-state index is 6.10. The van der Waals surface area contributed by atoms with Crippen molar-refractivity contribution in [2.75, 3.05) is 40.6 Å². The first-order chi connectivity index (χ1) is 25.4. The largest absolute Gasteiger partial charge is 0.494 e. The fourth-order valence-corrected chi connectivity index (χ4v) is 6.00. The monoisotopic (exact) mass is 717 g/mol. The number of aromatic nitrogens is 3. The maximum absolute atomic E-state index is 6.10. The van der Waals surface area contributed by atoms with Gasteiger partial charge in [0.2, 0.25) is 5.75 Å². The molecule has 0 unspecified atom stereocenters. The van der Waals surface area contributed by atoms with E-state index in [1.54, 1.807) is 14.2 Å². The molecule has 4 rings (SSSR count). The molecular formula is C42H61N4O6+. The highest BCUT2D eigenvalue weighted by Crippen LogP contribution is 2.38. The van der Waals surface area contributed by atoms with Gasteiger partial charge in [0.15, 0.2) is 23.4 Å². The first kappa shape index (κ1) is 40.5. The summed E-state index contributed by atoms with van der Waals surface area (Å²) in [5.74, 6) is 3.84. The Hall–Kier alpha value is -4.28. The number of aryl methyl sites for hydroxylation is 4. The van der Waals surface area contributed by atoms with Gasteiger partial charge < -0.3 is 33.7 Å². The van der Waals surface area contributed by atoms with Gasteiger partial charge >= 0.3 is 0 Å². The zero-order chi connectivity index (χ0) is 37.0. The molecule has 0 saturated carbocycles. The Balaban J connectivity index is 1.09. The molecule has 0 spiro atoms. The molecule has 0 fully saturated rings. The van der Waals surface area contributed by atoms with Crippen molar-refractivity contribution in [1.29, 1.82) is 0 Å². The number of unbranched alkanes of at least 4 members (excludes halogenated alkanes) is 5. The van der Waals surface area contributed by atoms with Crippen molar-refractivity contribution in [3.05, 3.63) is 88.7 Å². The molecule has 10 nitrogen and oxygen atoms in total. The molecule has 284 valence electrons. The lowest BCUT2D eigenvalue weighted by Gasteiger charge is -2.16. The summed E-state index contributed by atoms with van der Waals surface area (Å²) in [7, 11) is 5.29. The molecule has 0 atom stereocenters. The van der Waals surface area contributed by atoms with Gasteiger partial charge in [0.05, 0.1) is 45.9 Å². The third-order valence-electron chi connectivity index (χ3n) is 8.76. The lowest BCUT2D eigenvalue weighted by atomic mass is 10.1. The lowest BCUT2D eigenvalue weighted by Crippen LogP contribution is -2.36. The van der Waals surface area contributed by atoms with E-state index in [1.165, 1.54) is 48.8 Å². The average Bonchev–Trinajstić information content (AvgIpc) is 3.49. The highest BCUT2D eigenvalue weighted by atomic mass is 16.5. The van der Waals surface area contributed by atoms with Gasteiger partial charge in [0.1, 0.15) is 31.7 Å². The standard InChI is InChI=1S/C42H61N4O6/c1-7-8-9-10-11-12-21-52-42-40(47-5)27-36(28-41(42)48-6)30-43-29-35-15-17-38(18-16-35)50-23-14-20-49-32-37-31-46(44-45(37)4)19-13-22-51-39-25-33(2)24-34(3)26-39/h15-18,24-28,31,43H,7-14,19-23,29-30,32H2,1-6H3/q+1. The van der Waals surface area contributed by atoms with E-state index < -0.39 is 0 Å². The molecule has 0 saturated heterocycles. The van der Waals surface area contributed by atoms with E-state index in [4.69, 9.17) is 28.4 Å². The quantitative estimate of drug-likeness (QED) is 0.0520. The summed E-state index contributed by atoms with van der Waals surface area (Å²) in [5.41, 5.74) is 5.71. The van der Waals surface area contributed by atoms with E-state index in [0.717, 1.165) is 55.1 Å². The second kappa shape index (κ2) is 22.6. The summed E-state index contributed by atoms with van der Waals surface area (Å²) >= 11 is 0. The van der Waals surface area contributed by atoms with Gasteiger partial charge in [0, 0.05) is 25.9 Å². The molecule has 52 heavy (non-hydrogen) atoms. The molecule has 0 radical (unpaired) electrons. The second-order valence-corrected chi connectivity index (χ2v) is 13.4. The smallest absolute Gasteiger partial charge is 0.203 e. The Morgan fingerprint density at radius 2 is 1.31 bits per heavy atom. The van der Waals surface area contributed by atoms with Gasteiger partial charge in [0.25, 0.3) is 0 Å². The maximum Gasteiger partial charge on any atom is 0.203 e. The van der Waals surface area contributed by atoms with E-state index >= 15 is 0 Å². The van der Waals surface area contributed by atoms with Crippen molar-refractivity contribution >= 4 is 0 Å². The lowest BCUT2D eigenvalue weighted by molar-refractivity contribution is -0.755. The SMILES string of the molecule is CCCCCCCCOc1c(OC)cc(CNCc2ccc(OCCCOCc3c[n+](CCCOc4cc(C)cc(C)c4)nn3C)cc2)cc1OC. The van der Waals surface area contributed by atoms with Crippen LogP contribution < -0.4 is 33.7 Å². The first-order valence-corrected chi connectivity index (χ1v) is 18.9. The third-order valence-corrected chi connectivity index (χ3v) is 8.76. The van der Waals surface area contributed by atoms with Crippen molar-refractivity contribution in [3.8, 4) is 28.7 Å². The van der Waals surface area contributed by atoms with Gasteiger partial charge in [-0.2, -0.15) is 0 Å². The second-order valence-electron chi connectivity index (χ2n) is 13.4. The number of methoxy groups -OCH3 is 2. The van der Waals surface area contributed by atoms with E-state index in [0.29, 0.717) is 56.8 Å². The Bertz CT molecular complexity index is 1560. The molecule has 0 bridgehead atoms. The molecule has 1 heterocycles. The molecule has 10 heteroatoms. The summed E-state index contributed by atoms with van der Waals surface area (Å²) in [4.78, 5) is 0. The van der Waals surface area contributed by atoms with Gasteiger partial charge in [-0.15, -0.1) is 9.36 Å². The van der Waals surface area contributed by atoms with Gasteiger partial charge in [-0.1, -0.05) is 57.2 Å². The van der Waals surface area contributed by atoms with Crippen LogP contribution in [0.2, 0.25) is 0 Å². The van der Waals surface area contributed by atoms with Crippen molar-refractivity contribution < 1.29 is 33.1 Å². The highest BCUT2D eigenvalue weighted by Gasteiger charge is 2.15. The van der Waals surface area contributed by atoms with Crippen LogP contribution in [-0.4, -0.2) is 50.5 Å². The molecule has 1 aromatic heterocycles. The minimum atomic E-state index is 0.508. The summed E-state index contributed by atoms with van der Waals surface area (Å²) in [6.07, 6.45) is 11.0. The van der Waals surface area contributed by atoms with Crippen LogP contribution in [0, 0.1) is 13.8 Å². The Labute approximate surface area is 311 Å². The fraction of sp³-hybridized carbons (Fsp3) is 0.524. The summed E-state index contributed by atoms with van der Waals surface area (Å²) < 4.78 is 39.1. The van der Waals surface area contributed by atoms with Gasteiger partial charge in [-0.3, -0.25) is 0 Å². The molecular weight excluding hydrogens is 656 g/mol. The molecule has 0 aliphatic rings. The van der Waals surface area contributed by atoms with Crippen LogP contribution in [0.25, 0.3) is 0 Å². The fourth-order valence-electron chi connectivity index (χ4n) is 6.00. The van der Waals surface area contributed by atoms with E-state index in [2.05, 4.69) is 61.6 Å². The predicted octanol–water partition coefficient (Wildman–Crippen LogP) is 7.83. The van der Waals surface area contributed by atoms with Crippen LogP contribution in [0.5, 0.6) is 28.7 Å². The van der Waals surface area contributed by atoms with Crippen molar-refractivity contribution in [2.45, 2.75) is 98.4 Å². The highest BCUT2D eigenvalue weighted by molar-refractivity contribution is 5.54. The third kappa shape index (κ3) is 14.0. The number of ether oxygens (including phenoxy) is 6. The van der Waals surface area contributed by atoms with Crippen LogP contribution in [0.4, 0.5) is 0 Å². The zero-order valence-corrected chi connectivity index (χ0v) is 32.4. The van der Waals surface area contributed by atoms with Crippen LogP contribution in [-0.2, 0) is 38.0 Å². The van der Waals surface area contributed by atoms with Crippen LogP contribution in [0.15, 0.2) is 60.8 Å². The normalized spacial score (nSPS) is 11.1. The zero-order valence-electron chi connectivity index (χ0n) is 32.4. The number of hydrogen-bond acceptors (Lipinski definition) is 8. The Morgan fingerprint density at radius 1 is 0.673 bits per heavy atom. The van der Waals surface area contributed by atoms with Crippen LogP contribution >= 0.6 is 0 Å². The summed E-state index contributed by atoms with van der Waals surface area (Å²) in [6.45, 7) is 11.6. The minimum absolute atomic E-state index is 0.508. The van der Waals surface area contributed by atoms with Crippen molar-refractivity contribution in [1.82, 2.24) is 15.2 Å². The van der Waals surface area contributed by atoms with E-state index in [9.17, 15) is 0 Å². The number of nitrogens with zero attached hydrogens (tertiary/aromatic N) is 3. The topological polar surface area (TPSA) is 89.1 Å². The Morgan fingerprint density at radius 3 is 2.02 bits per heavy atom. The molecule has 4 aromatic rings. The Kier molecular flexibility index (Phi) is 17.6. The number of nitrogens with one attached hydrogen (secondary N) is 1. The minimum Gasteiger partial charge on any atom is -0.494 e. The molecule has 0 aliphatic carbocycles. The van der Waals surface area contributed by atoms with Crippen LogP contribution in [0.1, 0.15) is 86.2 Å². The molecule has 0 amide bonds. The first-order valence-electron chi connectivity index (χ1n) is 18.9. The average molecular weight is 718 g/mol. The predicted molar refractivity (Wildman–Crippen MR) is 205 cm³/mol. The van der Waals surface area contributed by atoms with E-state index in [-0.39, 0.29) is 0 Å². The summed E-state index contributed by atoms with van der Waals surface area (Å²) in [6, 6.07) is 18.5.